The van der Waals surface area contributed by atoms with Crippen molar-refractivity contribution in [3.8, 4) is 33.4 Å². The van der Waals surface area contributed by atoms with Gasteiger partial charge in [-0.05, 0) is 122 Å². The summed E-state index contributed by atoms with van der Waals surface area (Å²) in [5, 5.41) is 7.40. The van der Waals surface area contributed by atoms with Crippen LogP contribution in [0.25, 0.3) is 76.9 Å². The topological polar surface area (TPSA) is 63.9 Å². The average Bonchev–Trinajstić information content (AvgIpc) is 3.70. The van der Waals surface area contributed by atoms with E-state index in [2.05, 4.69) is 161 Å². The van der Waals surface area contributed by atoms with Gasteiger partial charge in [0.2, 0.25) is 0 Å². The van der Waals surface area contributed by atoms with Crippen molar-refractivity contribution >= 4 is 55.2 Å². The van der Waals surface area contributed by atoms with Crippen LogP contribution in [0.1, 0.15) is 75.1 Å². The molecule has 4 nitrogen and oxygen atoms in total. The maximum atomic E-state index is 6.68. The molecule has 0 amide bonds. The lowest BCUT2D eigenvalue weighted by molar-refractivity contribution is 0.666. The van der Waals surface area contributed by atoms with Crippen LogP contribution in [0.15, 0.2) is 184 Å². The third-order valence-corrected chi connectivity index (χ3v) is 12.3. The first-order valence-corrected chi connectivity index (χ1v) is 22.1. The van der Waals surface area contributed by atoms with Crippen molar-refractivity contribution in [1.82, 2.24) is 0 Å². The lowest BCUT2D eigenvalue weighted by atomic mass is 9.82. The Labute approximate surface area is 365 Å². The van der Waals surface area contributed by atoms with Gasteiger partial charge in [0, 0.05) is 21.9 Å². The first-order valence-electron chi connectivity index (χ1n) is 22.1. The fourth-order valence-corrected chi connectivity index (χ4v) is 9.46. The van der Waals surface area contributed by atoms with Crippen LogP contribution in [0, 0.1) is 6.92 Å². The Balaban J connectivity index is 1.20. The van der Waals surface area contributed by atoms with Crippen molar-refractivity contribution < 1.29 is 4.42 Å². The number of allylic oxidation sites excluding steroid dienone is 2. The van der Waals surface area contributed by atoms with Gasteiger partial charge in [0.1, 0.15) is 17.0 Å². The molecular weight excluding hydrogens is 755 g/mol. The summed E-state index contributed by atoms with van der Waals surface area (Å²) in [6.07, 6.45) is 9.51. The number of nitrogens with zero attached hydrogens (tertiary/aromatic N) is 2. The zero-order chi connectivity index (χ0) is 42.7. The van der Waals surface area contributed by atoms with Crippen molar-refractivity contribution in [3.05, 3.63) is 192 Å². The number of benzene rings is 8. The summed E-state index contributed by atoms with van der Waals surface area (Å²) < 4.78 is 6.40. The molecule has 9 aromatic rings. The van der Waals surface area contributed by atoms with E-state index in [1.165, 1.54) is 71.3 Å². The molecule has 0 radical (unpaired) electrons. The lowest BCUT2D eigenvalue weighted by Gasteiger charge is -2.22. The SMILES string of the molecule is C/C=C\C(=C/CC)CN=C(N=C(N)c1ccccc1)c1cccc(-c2cccc(C)c2-c2ccc(-c3cccc4c5cccc6oc7cccc(c34)c7c65)cc2C(C)CCC)c1. The average molecular weight is 808 g/mol. The summed E-state index contributed by atoms with van der Waals surface area (Å²) in [5.41, 5.74) is 21.3. The molecule has 1 unspecified atom stereocenters. The molecule has 0 fully saturated rings. The first-order chi connectivity index (χ1) is 30.4. The standard InChI is InChI=1S/C58H53N3O/c1-6-17-37(4)50-35-42(45-26-14-27-46-47-28-15-30-51-55(47)56-49(54(45)46)29-16-31-52(56)62-51)32-33-48(50)53-38(5)20-12-25-44(53)41-23-13-24-43(34-41)58(60-36-39(18-7-2)19-8-3)61-57(59)40-21-10-9-11-22-40/h7,9-16,18-35,37H,6,8,17,36H2,1-5H3,(H2,59,60,61)/b18-7-,39-19+. The van der Waals surface area contributed by atoms with E-state index in [0.29, 0.717) is 24.1 Å². The molecule has 0 saturated carbocycles. The molecule has 0 aliphatic carbocycles. The Bertz CT molecular complexity index is 3200. The molecular formula is C58H53N3O. The normalized spacial score (nSPS) is 13.4. The van der Waals surface area contributed by atoms with E-state index < -0.39 is 0 Å². The van der Waals surface area contributed by atoms with Crippen LogP contribution in [0.3, 0.4) is 0 Å². The molecule has 0 aliphatic heterocycles. The maximum absolute atomic E-state index is 6.68. The highest BCUT2D eigenvalue weighted by Gasteiger charge is 2.22. The largest absolute Gasteiger partial charge is 0.456 e. The molecule has 306 valence electrons. The summed E-state index contributed by atoms with van der Waals surface area (Å²) in [4.78, 5) is 10.1. The van der Waals surface area contributed by atoms with Gasteiger partial charge in [0.05, 0.1) is 6.54 Å². The summed E-state index contributed by atoms with van der Waals surface area (Å²) in [7, 11) is 0. The van der Waals surface area contributed by atoms with Crippen molar-refractivity contribution in [2.75, 3.05) is 6.54 Å². The number of furan rings is 1. The van der Waals surface area contributed by atoms with Crippen molar-refractivity contribution in [3.63, 3.8) is 0 Å². The van der Waals surface area contributed by atoms with Gasteiger partial charge in [-0.2, -0.15) is 0 Å². The lowest BCUT2D eigenvalue weighted by Crippen LogP contribution is -2.16. The minimum absolute atomic E-state index is 0.336. The van der Waals surface area contributed by atoms with E-state index >= 15 is 0 Å². The highest BCUT2D eigenvalue weighted by Crippen LogP contribution is 2.47. The van der Waals surface area contributed by atoms with Crippen LogP contribution in [0.2, 0.25) is 0 Å². The number of aliphatic imine (C=N–C) groups is 2. The predicted molar refractivity (Wildman–Crippen MR) is 266 cm³/mol. The number of hydrogen-bond donors (Lipinski definition) is 1. The van der Waals surface area contributed by atoms with Crippen molar-refractivity contribution in [2.24, 2.45) is 15.7 Å². The maximum Gasteiger partial charge on any atom is 0.157 e. The Kier molecular flexibility index (Phi) is 11.4. The van der Waals surface area contributed by atoms with Gasteiger partial charge in [-0.3, -0.25) is 4.99 Å². The summed E-state index contributed by atoms with van der Waals surface area (Å²) in [6.45, 7) is 11.6. The number of fused-ring (bicyclic) bond motifs is 3. The number of amidine groups is 2. The molecule has 2 N–H and O–H groups in total. The predicted octanol–water partition coefficient (Wildman–Crippen LogP) is 15.6. The van der Waals surface area contributed by atoms with Crippen LogP contribution < -0.4 is 5.73 Å². The van der Waals surface area contributed by atoms with Crippen LogP contribution >= 0.6 is 0 Å². The van der Waals surface area contributed by atoms with Crippen molar-refractivity contribution in [2.45, 2.75) is 59.8 Å². The van der Waals surface area contributed by atoms with Gasteiger partial charge < -0.3 is 10.2 Å². The Morgan fingerprint density at radius 2 is 1.32 bits per heavy atom. The van der Waals surface area contributed by atoms with Crippen LogP contribution in [0.4, 0.5) is 0 Å². The van der Waals surface area contributed by atoms with Crippen LogP contribution in [0.5, 0.6) is 0 Å². The fraction of sp³-hybridized carbons (Fsp3) is 0.172. The number of nitrogens with two attached hydrogens (primary N) is 1. The molecule has 0 saturated heterocycles. The molecule has 1 atom stereocenters. The molecule has 1 aromatic heterocycles. The number of aryl methyl sites for hydroxylation is 1. The van der Waals surface area contributed by atoms with E-state index in [1.54, 1.807) is 0 Å². The highest BCUT2D eigenvalue weighted by atomic mass is 16.3. The van der Waals surface area contributed by atoms with Gasteiger partial charge in [0.15, 0.2) is 5.84 Å². The molecule has 4 heteroatoms. The van der Waals surface area contributed by atoms with Crippen LogP contribution in [-0.4, -0.2) is 18.2 Å². The van der Waals surface area contributed by atoms with E-state index in [9.17, 15) is 0 Å². The number of hydrogen-bond acceptors (Lipinski definition) is 2. The highest BCUT2D eigenvalue weighted by molar-refractivity contribution is 6.34. The molecule has 9 rings (SSSR count). The van der Waals surface area contributed by atoms with Gasteiger partial charge in [0.25, 0.3) is 0 Å². The van der Waals surface area contributed by atoms with Crippen molar-refractivity contribution in [1.29, 1.82) is 0 Å². The minimum atomic E-state index is 0.336. The Hall–Kier alpha value is -7.04. The van der Waals surface area contributed by atoms with Gasteiger partial charge in [-0.1, -0.05) is 173 Å². The molecule has 62 heavy (non-hydrogen) atoms. The minimum Gasteiger partial charge on any atom is -0.456 e. The summed E-state index contributed by atoms with van der Waals surface area (Å²) in [6, 6.07) is 52.1. The second-order valence-corrected chi connectivity index (χ2v) is 16.4. The zero-order valence-corrected chi connectivity index (χ0v) is 36.4. The van der Waals surface area contributed by atoms with E-state index in [4.69, 9.17) is 20.1 Å². The van der Waals surface area contributed by atoms with Gasteiger partial charge in [-0.15, -0.1) is 0 Å². The monoisotopic (exact) mass is 807 g/mol. The van der Waals surface area contributed by atoms with Crippen LogP contribution in [-0.2, 0) is 0 Å². The molecule has 1 heterocycles. The second kappa shape index (κ2) is 17.5. The smallest absolute Gasteiger partial charge is 0.157 e. The second-order valence-electron chi connectivity index (χ2n) is 16.4. The first kappa shape index (κ1) is 40.4. The zero-order valence-electron chi connectivity index (χ0n) is 36.4. The molecule has 0 bridgehead atoms. The fourth-order valence-electron chi connectivity index (χ4n) is 9.46. The van der Waals surface area contributed by atoms with E-state index in [0.717, 1.165) is 52.7 Å². The quantitative estimate of drug-likeness (QED) is 0.0578. The molecule has 0 aliphatic rings. The van der Waals surface area contributed by atoms with Gasteiger partial charge in [-0.25, -0.2) is 4.99 Å². The Morgan fingerprint density at radius 1 is 0.661 bits per heavy atom. The van der Waals surface area contributed by atoms with Gasteiger partial charge >= 0.3 is 0 Å². The third kappa shape index (κ3) is 7.51. The number of rotatable bonds is 12. The van der Waals surface area contributed by atoms with E-state index in [1.807, 2.05) is 37.3 Å². The van der Waals surface area contributed by atoms with E-state index in [-0.39, 0.29) is 0 Å². The summed E-state index contributed by atoms with van der Waals surface area (Å²) >= 11 is 0. The molecule has 8 aromatic carbocycles. The third-order valence-electron chi connectivity index (χ3n) is 12.3. The Morgan fingerprint density at radius 3 is 2.08 bits per heavy atom. The molecule has 0 spiro atoms. The summed E-state index contributed by atoms with van der Waals surface area (Å²) in [5.74, 6) is 1.38.